The Morgan fingerprint density at radius 2 is 2.00 bits per heavy atom. The van der Waals surface area contributed by atoms with Crippen molar-refractivity contribution in [3.05, 3.63) is 28.8 Å². The second kappa shape index (κ2) is 9.72. The maximum Gasteiger partial charge on any atom is 0.417 e. The van der Waals surface area contributed by atoms with Crippen LogP contribution in [0.1, 0.15) is 24.5 Å². The minimum absolute atomic E-state index is 0.0964. The van der Waals surface area contributed by atoms with Gasteiger partial charge in [-0.1, -0.05) is 0 Å². The highest BCUT2D eigenvalue weighted by Gasteiger charge is 2.51. The summed E-state index contributed by atoms with van der Waals surface area (Å²) in [4.78, 5) is 17.4. The van der Waals surface area contributed by atoms with Crippen molar-refractivity contribution < 1.29 is 36.2 Å². The van der Waals surface area contributed by atoms with E-state index in [0.29, 0.717) is 32.1 Å². The maximum atomic E-state index is 16.6. The van der Waals surface area contributed by atoms with Gasteiger partial charge in [-0.05, 0) is 38.9 Å². The van der Waals surface area contributed by atoms with Crippen molar-refractivity contribution in [1.82, 2.24) is 25.2 Å². The Morgan fingerprint density at radius 1 is 1.21 bits per heavy atom. The fraction of sp³-hybridized carbons (Fsp3) is 0.536. The topological polar surface area (TPSA) is 111 Å². The van der Waals surface area contributed by atoms with Crippen LogP contribution in [0.15, 0.2) is 6.07 Å². The molecule has 4 aliphatic heterocycles. The number of nitrogens with one attached hydrogen (secondary N) is 1. The quantitative estimate of drug-likeness (QED) is 0.339. The van der Waals surface area contributed by atoms with Gasteiger partial charge >= 0.3 is 12.2 Å². The third-order valence-corrected chi connectivity index (χ3v) is 9.13. The van der Waals surface area contributed by atoms with Crippen molar-refractivity contribution in [2.45, 2.75) is 50.2 Å². The lowest BCUT2D eigenvalue weighted by molar-refractivity contribution is -0.137. The molecule has 3 saturated heterocycles. The molecule has 1 aromatic carbocycles. The Labute approximate surface area is 243 Å². The van der Waals surface area contributed by atoms with E-state index in [0.717, 1.165) is 26.0 Å². The number of nitrogens with zero attached hydrogens (tertiary/aromatic N) is 5. The summed E-state index contributed by atoms with van der Waals surface area (Å²) in [6.07, 6.45) is -4.70. The number of fused-ring (bicyclic) bond motifs is 4. The molecular weight excluding hydrogens is 577 g/mol. The molecule has 230 valence electrons. The number of hydrogen-bond donors (Lipinski definition) is 2. The minimum atomic E-state index is -5.04. The first-order chi connectivity index (χ1) is 20.4. The molecule has 3 aromatic rings. The first-order valence-electron chi connectivity index (χ1n) is 14.0. The van der Waals surface area contributed by atoms with Gasteiger partial charge in [0, 0.05) is 31.7 Å². The third kappa shape index (κ3) is 4.34. The molecular formula is C28H30F5N7O3. The van der Waals surface area contributed by atoms with Gasteiger partial charge in [0.15, 0.2) is 5.82 Å². The lowest BCUT2D eigenvalue weighted by atomic mass is 9.96. The molecule has 15 heteroatoms. The van der Waals surface area contributed by atoms with Crippen LogP contribution >= 0.6 is 0 Å². The minimum Gasteiger partial charge on any atom is -0.472 e. The molecule has 2 bridgehead atoms. The molecule has 0 aliphatic carbocycles. The second-order valence-corrected chi connectivity index (χ2v) is 11.8. The van der Waals surface area contributed by atoms with Gasteiger partial charge in [0.05, 0.1) is 35.5 Å². The molecule has 7 rings (SSSR count). The maximum absolute atomic E-state index is 16.6. The van der Waals surface area contributed by atoms with Gasteiger partial charge in [0.2, 0.25) is 5.88 Å². The van der Waals surface area contributed by atoms with Gasteiger partial charge in [-0.25, -0.2) is 13.8 Å². The SMILES string of the molecule is Cc1c(F)c(N)cc(-c2nc3c4c(nc(OCC56COC(CN5C)C6)nc4c2F)N2CCNC[C@H]2[C@H](C)O3)c1C(F)(F)F. The summed E-state index contributed by atoms with van der Waals surface area (Å²) in [6.45, 7) is 5.75. The number of piperazine rings is 1. The number of ether oxygens (including phenoxy) is 3. The van der Waals surface area contributed by atoms with Crippen LogP contribution in [-0.4, -0.2) is 90.1 Å². The van der Waals surface area contributed by atoms with Gasteiger partial charge < -0.3 is 30.2 Å². The van der Waals surface area contributed by atoms with E-state index >= 15 is 4.39 Å². The van der Waals surface area contributed by atoms with Crippen LogP contribution in [0.25, 0.3) is 22.2 Å². The van der Waals surface area contributed by atoms with Crippen molar-refractivity contribution in [2.24, 2.45) is 0 Å². The first-order valence-corrected chi connectivity index (χ1v) is 14.0. The molecule has 2 unspecified atom stereocenters. The van der Waals surface area contributed by atoms with E-state index in [1.165, 1.54) is 0 Å². The van der Waals surface area contributed by atoms with Crippen LogP contribution in [0.5, 0.6) is 11.9 Å². The number of pyridine rings is 1. The molecule has 43 heavy (non-hydrogen) atoms. The van der Waals surface area contributed by atoms with E-state index in [1.807, 2.05) is 11.9 Å². The number of aromatic nitrogens is 3. The molecule has 10 nitrogen and oxygen atoms in total. The smallest absolute Gasteiger partial charge is 0.417 e. The molecule has 0 saturated carbocycles. The van der Waals surface area contributed by atoms with E-state index < -0.39 is 57.5 Å². The highest BCUT2D eigenvalue weighted by atomic mass is 19.4. The van der Waals surface area contributed by atoms with Crippen LogP contribution in [-0.2, 0) is 10.9 Å². The number of likely N-dealkylation sites (tertiary alicyclic amines) is 1. The van der Waals surface area contributed by atoms with Crippen LogP contribution in [0, 0.1) is 18.6 Å². The zero-order valence-corrected chi connectivity index (χ0v) is 23.7. The van der Waals surface area contributed by atoms with Crippen LogP contribution in [0.2, 0.25) is 0 Å². The Balaban J connectivity index is 1.44. The third-order valence-electron chi connectivity index (χ3n) is 9.13. The van der Waals surface area contributed by atoms with Crippen LogP contribution in [0.4, 0.5) is 33.5 Å². The Bertz CT molecular complexity index is 1640. The largest absolute Gasteiger partial charge is 0.472 e. The normalized spacial score (nSPS) is 26.9. The summed E-state index contributed by atoms with van der Waals surface area (Å²) >= 11 is 0. The Hall–Kier alpha value is -3.56. The number of halogens is 5. The summed E-state index contributed by atoms with van der Waals surface area (Å²) in [6, 6.07) is 0.354. The average Bonchev–Trinajstić information content (AvgIpc) is 3.49. The van der Waals surface area contributed by atoms with Crippen molar-refractivity contribution in [1.29, 1.82) is 0 Å². The highest BCUT2D eigenvalue weighted by molar-refractivity contribution is 5.97. The molecule has 0 radical (unpaired) electrons. The van der Waals surface area contributed by atoms with E-state index in [2.05, 4.69) is 25.2 Å². The predicted molar refractivity (Wildman–Crippen MR) is 146 cm³/mol. The summed E-state index contributed by atoms with van der Waals surface area (Å²) in [5.74, 6) is -2.22. The zero-order valence-electron chi connectivity index (χ0n) is 23.7. The number of nitrogens with two attached hydrogens (primary N) is 1. The van der Waals surface area contributed by atoms with E-state index in [1.54, 1.807) is 6.92 Å². The average molecular weight is 608 g/mol. The molecule has 3 N–H and O–H groups in total. The predicted octanol–water partition coefficient (Wildman–Crippen LogP) is 3.29. The summed E-state index contributed by atoms with van der Waals surface area (Å²) in [5.41, 5.74) is 0.851. The molecule has 3 fully saturated rings. The fourth-order valence-electron chi connectivity index (χ4n) is 6.78. The van der Waals surface area contributed by atoms with Crippen molar-refractivity contribution in [2.75, 3.05) is 57.1 Å². The van der Waals surface area contributed by atoms with E-state index in [-0.39, 0.29) is 41.5 Å². The molecule has 6 heterocycles. The van der Waals surface area contributed by atoms with Gasteiger partial charge in [0.25, 0.3) is 0 Å². The van der Waals surface area contributed by atoms with Crippen molar-refractivity contribution >= 4 is 22.4 Å². The number of morpholine rings is 1. The van der Waals surface area contributed by atoms with E-state index in [9.17, 15) is 17.6 Å². The lowest BCUT2D eigenvalue weighted by Crippen LogP contribution is -2.56. The highest BCUT2D eigenvalue weighted by Crippen LogP contribution is 2.46. The molecule has 0 amide bonds. The number of nitrogen functional groups attached to an aromatic ring is 1. The summed E-state index contributed by atoms with van der Waals surface area (Å²) < 4.78 is 92.1. The van der Waals surface area contributed by atoms with E-state index in [4.69, 9.17) is 19.9 Å². The number of rotatable bonds is 4. The van der Waals surface area contributed by atoms with Gasteiger partial charge in [0.1, 0.15) is 40.9 Å². The number of likely N-dealkylation sites (N-methyl/N-ethyl adjacent to an activating group) is 1. The molecule has 2 aromatic heterocycles. The zero-order chi connectivity index (χ0) is 30.4. The fourth-order valence-corrected chi connectivity index (χ4v) is 6.78. The molecule has 4 atom stereocenters. The lowest BCUT2D eigenvalue weighted by Gasteiger charge is -2.38. The summed E-state index contributed by atoms with van der Waals surface area (Å²) in [5, 5.41) is 3.42. The molecule has 4 aliphatic rings. The standard InChI is InChI=1S/C28H30F5N7O3/c1-12-19(28(31,32)33)15(6-16(34)20(12)29)22-21(30)23-18-24(40-5-4-35-8-17(40)13(2)43-25(18)36-22)38-26(37-23)42-11-27-7-14(41-10-27)9-39(27)3/h6,13-14,17,35H,4-5,7-11,34H2,1-3H3/t13-,14?,17-,27?/m0/s1. The van der Waals surface area contributed by atoms with Gasteiger partial charge in [-0.3, -0.25) is 4.90 Å². The van der Waals surface area contributed by atoms with Gasteiger partial charge in [-0.15, -0.1) is 0 Å². The first kappa shape index (κ1) is 28.2. The molecule has 0 spiro atoms. The van der Waals surface area contributed by atoms with Gasteiger partial charge in [-0.2, -0.15) is 23.1 Å². The van der Waals surface area contributed by atoms with Crippen molar-refractivity contribution in [3.63, 3.8) is 0 Å². The number of benzene rings is 1. The number of anilines is 2. The number of hydrogen-bond acceptors (Lipinski definition) is 10. The van der Waals surface area contributed by atoms with Crippen LogP contribution < -0.4 is 25.4 Å². The Kier molecular flexibility index (Phi) is 6.38. The summed E-state index contributed by atoms with van der Waals surface area (Å²) in [7, 11) is 1.98. The van der Waals surface area contributed by atoms with Crippen LogP contribution in [0.3, 0.4) is 0 Å². The van der Waals surface area contributed by atoms with Crippen molar-refractivity contribution in [3.8, 4) is 23.1 Å². The number of alkyl halides is 3. The Morgan fingerprint density at radius 3 is 2.70 bits per heavy atom. The monoisotopic (exact) mass is 607 g/mol. The second-order valence-electron chi connectivity index (χ2n) is 11.8.